The molecule has 0 aromatic carbocycles. The van der Waals surface area contributed by atoms with Gasteiger partial charge in [0.05, 0.1) is 0 Å². The molecule has 4 aliphatic rings. The van der Waals surface area contributed by atoms with Crippen LogP contribution in [0.2, 0.25) is 0 Å². The van der Waals surface area contributed by atoms with Crippen molar-refractivity contribution in [3.05, 3.63) is 0 Å². The van der Waals surface area contributed by atoms with Crippen molar-refractivity contribution in [3.63, 3.8) is 0 Å². The van der Waals surface area contributed by atoms with Crippen LogP contribution in [0, 0.1) is 11.8 Å². The molecule has 0 atom stereocenters. The van der Waals surface area contributed by atoms with Gasteiger partial charge in [-0.2, -0.15) is 0 Å². The molecule has 4 aliphatic heterocycles. The number of piperidine rings is 3. The topological polar surface area (TPSA) is 24.8 Å². The van der Waals surface area contributed by atoms with Crippen LogP contribution >= 0.6 is 0 Å². The van der Waals surface area contributed by atoms with Gasteiger partial charge in [0.1, 0.15) is 0 Å². The highest BCUT2D eigenvalue weighted by Gasteiger charge is 2.30. The summed E-state index contributed by atoms with van der Waals surface area (Å²) in [6, 6.07) is 0. The fraction of sp³-hybridized carbons (Fsp3) is 0.923. The Kier molecular flexibility index (Phi) is 3.25. The third-order valence-electron chi connectivity index (χ3n) is 4.34. The van der Waals surface area contributed by atoms with Crippen molar-refractivity contribution >= 4 is 5.71 Å². The predicted molar refractivity (Wildman–Crippen MR) is 65.0 cm³/mol. The molecule has 0 aromatic heterocycles. The van der Waals surface area contributed by atoms with Crippen LogP contribution in [0.25, 0.3) is 0 Å². The smallest absolute Gasteiger partial charge is 0.0469 e. The minimum atomic E-state index is 0.789. The first-order valence-electron chi connectivity index (χ1n) is 6.75. The summed E-state index contributed by atoms with van der Waals surface area (Å²) in [5, 5.41) is 0. The van der Waals surface area contributed by atoms with Crippen LogP contribution in [0.3, 0.4) is 0 Å². The maximum Gasteiger partial charge on any atom is 0.0469 e. The highest BCUT2D eigenvalue weighted by Crippen LogP contribution is 2.26. The molecule has 4 heterocycles. The predicted octanol–water partition coefficient (Wildman–Crippen LogP) is 1.58. The Labute approximate surface area is 97.9 Å². The zero-order valence-electron chi connectivity index (χ0n) is 10.0. The molecular formula is C13H22N2O. The Morgan fingerprint density at radius 3 is 2.50 bits per heavy atom. The number of nitrogens with zero attached hydrogens (tertiary/aromatic N) is 2. The van der Waals surface area contributed by atoms with Crippen LogP contribution in [0.4, 0.5) is 0 Å². The fourth-order valence-corrected chi connectivity index (χ4v) is 3.14. The van der Waals surface area contributed by atoms with Crippen LogP contribution in [-0.4, -0.2) is 50.0 Å². The number of fused-ring (bicyclic) bond motifs is 3. The zero-order chi connectivity index (χ0) is 10.8. The molecule has 4 fully saturated rings. The Morgan fingerprint density at radius 2 is 1.88 bits per heavy atom. The minimum Gasteiger partial charge on any atom is -0.381 e. The van der Waals surface area contributed by atoms with Gasteiger partial charge in [-0.1, -0.05) is 0 Å². The summed E-state index contributed by atoms with van der Waals surface area (Å²) in [6.45, 7) is 6.73. The van der Waals surface area contributed by atoms with Gasteiger partial charge < -0.3 is 4.74 Å². The molecule has 0 saturated carbocycles. The van der Waals surface area contributed by atoms with Gasteiger partial charge >= 0.3 is 0 Å². The lowest BCUT2D eigenvalue weighted by Crippen LogP contribution is -2.48. The Morgan fingerprint density at radius 1 is 1.12 bits per heavy atom. The fourth-order valence-electron chi connectivity index (χ4n) is 3.14. The van der Waals surface area contributed by atoms with Crippen LogP contribution in [0.1, 0.15) is 25.7 Å². The second-order valence-electron chi connectivity index (χ2n) is 5.44. The third kappa shape index (κ3) is 2.30. The summed E-state index contributed by atoms with van der Waals surface area (Å²) < 4.78 is 5.38. The van der Waals surface area contributed by atoms with E-state index in [4.69, 9.17) is 9.73 Å². The van der Waals surface area contributed by atoms with E-state index < -0.39 is 0 Å². The second kappa shape index (κ2) is 4.84. The van der Waals surface area contributed by atoms with Crippen molar-refractivity contribution < 1.29 is 4.74 Å². The number of ether oxygens (including phenoxy) is 1. The van der Waals surface area contributed by atoms with Gasteiger partial charge in [-0.25, -0.2) is 0 Å². The van der Waals surface area contributed by atoms with Gasteiger partial charge in [-0.15, -0.1) is 0 Å². The van der Waals surface area contributed by atoms with Crippen LogP contribution in [0.5, 0.6) is 0 Å². The lowest BCUT2D eigenvalue weighted by atomic mass is 9.86. The van der Waals surface area contributed by atoms with E-state index in [0.29, 0.717) is 0 Å². The molecule has 0 spiro atoms. The van der Waals surface area contributed by atoms with E-state index in [9.17, 15) is 0 Å². The first-order chi connectivity index (χ1) is 7.92. The maximum absolute atomic E-state index is 5.38. The first-order valence-corrected chi connectivity index (χ1v) is 6.75. The molecule has 16 heavy (non-hydrogen) atoms. The normalized spacial score (nSPS) is 38.1. The summed E-state index contributed by atoms with van der Waals surface area (Å²) in [7, 11) is 0. The maximum atomic E-state index is 5.38. The standard InChI is InChI=1S/C13H22N2O/c1-5-15-6-2-12(1)13(10-15)14-9-11-3-7-16-8-4-11/h11-12H,1-10H2. The molecule has 4 rings (SSSR count). The van der Waals surface area contributed by atoms with E-state index >= 15 is 0 Å². The van der Waals surface area contributed by atoms with Gasteiger partial charge in [0.2, 0.25) is 0 Å². The Hall–Kier alpha value is -0.410. The number of hydrogen-bond acceptors (Lipinski definition) is 3. The molecule has 3 nitrogen and oxygen atoms in total. The molecule has 0 aliphatic carbocycles. The number of aliphatic imine (C=N–C) groups is 1. The molecule has 90 valence electrons. The highest BCUT2D eigenvalue weighted by molar-refractivity contribution is 5.90. The largest absolute Gasteiger partial charge is 0.381 e. The van der Waals surface area contributed by atoms with Gasteiger partial charge in [0.25, 0.3) is 0 Å². The molecular weight excluding hydrogens is 200 g/mol. The van der Waals surface area contributed by atoms with Crippen LogP contribution in [-0.2, 0) is 4.74 Å². The zero-order valence-corrected chi connectivity index (χ0v) is 10.0. The van der Waals surface area contributed by atoms with Gasteiger partial charge in [-0.05, 0) is 44.7 Å². The van der Waals surface area contributed by atoms with E-state index in [2.05, 4.69) is 4.90 Å². The van der Waals surface area contributed by atoms with Gasteiger partial charge in [0.15, 0.2) is 0 Å². The quantitative estimate of drug-likeness (QED) is 0.708. The van der Waals surface area contributed by atoms with Crippen molar-refractivity contribution in [2.24, 2.45) is 16.8 Å². The van der Waals surface area contributed by atoms with Crippen molar-refractivity contribution in [3.8, 4) is 0 Å². The summed E-state index contributed by atoms with van der Waals surface area (Å²) in [4.78, 5) is 7.47. The van der Waals surface area contributed by atoms with Crippen molar-refractivity contribution in [2.75, 3.05) is 39.4 Å². The van der Waals surface area contributed by atoms with E-state index in [0.717, 1.165) is 38.1 Å². The van der Waals surface area contributed by atoms with E-state index in [1.165, 1.54) is 44.5 Å². The van der Waals surface area contributed by atoms with Crippen LogP contribution < -0.4 is 0 Å². The molecule has 3 heteroatoms. The summed E-state index contributed by atoms with van der Waals surface area (Å²) in [5.41, 5.74) is 1.50. The van der Waals surface area contributed by atoms with Crippen LogP contribution in [0.15, 0.2) is 4.99 Å². The highest BCUT2D eigenvalue weighted by atomic mass is 16.5. The lowest BCUT2D eigenvalue weighted by molar-refractivity contribution is 0.0688. The Bertz CT molecular complexity index is 263. The molecule has 0 amide bonds. The van der Waals surface area contributed by atoms with Gasteiger partial charge in [-0.3, -0.25) is 9.89 Å². The Balaban J connectivity index is 1.55. The van der Waals surface area contributed by atoms with Crippen molar-refractivity contribution in [1.29, 1.82) is 0 Å². The average molecular weight is 222 g/mol. The molecule has 0 unspecified atom stereocenters. The number of rotatable bonds is 2. The van der Waals surface area contributed by atoms with E-state index in [1.54, 1.807) is 0 Å². The average Bonchev–Trinajstić information content (AvgIpc) is 2.39. The summed E-state index contributed by atoms with van der Waals surface area (Å²) in [5.74, 6) is 1.61. The molecule has 0 radical (unpaired) electrons. The van der Waals surface area contributed by atoms with E-state index in [-0.39, 0.29) is 0 Å². The lowest BCUT2D eigenvalue weighted by Gasteiger charge is -2.40. The molecule has 4 saturated heterocycles. The molecule has 0 N–H and O–H groups in total. The van der Waals surface area contributed by atoms with Gasteiger partial charge in [0, 0.05) is 37.9 Å². The first kappa shape index (κ1) is 10.7. The molecule has 2 bridgehead atoms. The molecule has 0 aromatic rings. The van der Waals surface area contributed by atoms with Crippen molar-refractivity contribution in [2.45, 2.75) is 25.7 Å². The number of hydrogen-bond donors (Lipinski definition) is 0. The van der Waals surface area contributed by atoms with E-state index in [1.807, 2.05) is 0 Å². The summed E-state index contributed by atoms with van der Waals surface area (Å²) >= 11 is 0. The monoisotopic (exact) mass is 222 g/mol. The van der Waals surface area contributed by atoms with Crippen molar-refractivity contribution in [1.82, 2.24) is 4.90 Å². The SMILES string of the molecule is C1CC(CN=C2CN3CCC2CC3)CCO1. The second-order valence-corrected chi connectivity index (χ2v) is 5.44. The summed E-state index contributed by atoms with van der Waals surface area (Å²) in [6.07, 6.45) is 5.13. The third-order valence-corrected chi connectivity index (χ3v) is 4.34. The minimum absolute atomic E-state index is 0.789.